The number of hydrogen-bond donors (Lipinski definition) is 2. The Balaban J connectivity index is 1.66. The van der Waals surface area contributed by atoms with Crippen molar-refractivity contribution in [3.8, 4) is 0 Å². The molecule has 1 aromatic rings. The topological polar surface area (TPSA) is 104 Å². The summed E-state index contributed by atoms with van der Waals surface area (Å²) in [6.45, 7) is 0.988. The van der Waals surface area contributed by atoms with E-state index in [1.54, 1.807) is 17.0 Å². The van der Waals surface area contributed by atoms with E-state index in [1.165, 1.54) is 12.1 Å². The Bertz CT molecular complexity index is 794. The number of aliphatic carboxylic acids is 1. The molecule has 3 rings (SSSR count). The van der Waals surface area contributed by atoms with Crippen molar-refractivity contribution in [3.63, 3.8) is 0 Å². The Labute approximate surface area is 159 Å². The van der Waals surface area contributed by atoms with E-state index in [0.29, 0.717) is 31.5 Å². The fourth-order valence-corrected chi connectivity index (χ4v) is 5.25. The Morgan fingerprint density at radius 1 is 1.11 bits per heavy atom. The lowest BCUT2D eigenvalue weighted by Crippen LogP contribution is -2.39. The van der Waals surface area contributed by atoms with Crippen LogP contribution in [0.15, 0.2) is 29.2 Å². The first-order chi connectivity index (χ1) is 12.8. The third kappa shape index (κ3) is 5.07. The highest BCUT2D eigenvalue weighted by atomic mass is 32.2. The molecule has 1 aliphatic carbocycles. The SMILES string of the molecule is O=C(O)CC1CCN(C(=O)c2cccc(S(=O)(=O)NC3CCCC3)c2)CC1. The van der Waals surface area contributed by atoms with Gasteiger partial charge in [0, 0.05) is 31.1 Å². The minimum absolute atomic E-state index is 0.0254. The van der Waals surface area contributed by atoms with Crippen LogP contribution in [-0.4, -0.2) is 49.4 Å². The van der Waals surface area contributed by atoms with Crippen molar-refractivity contribution in [1.29, 1.82) is 0 Å². The normalized spacial score (nSPS) is 19.3. The predicted molar refractivity (Wildman–Crippen MR) is 99.9 cm³/mol. The average Bonchev–Trinajstić information content (AvgIpc) is 3.14. The number of nitrogens with zero attached hydrogens (tertiary/aromatic N) is 1. The van der Waals surface area contributed by atoms with Crippen LogP contribution in [0.2, 0.25) is 0 Å². The highest BCUT2D eigenvalue weighted by Gasteiger charge is 2.27. The summed E-state index contributed by atoms with van der Waals surface area (Å²) in [6, 6.07) is 6.13. The van der Waals surface area contributed by atoms with Crippen molar-refractivity contribution in [2.75, 3.05) is 13.1 Å². The largest absolute Gasteiger partial charge is 0.481 e. The molecule has 0 radical (unpaired) electrons. The van der Waals surface area contributed by atoms with Crippen molar-refractivity contribution in [2.24, 2.45) is 5.92 Å². The van der Waals surface area contributed by atoms with E-state index in [1.807, 2.05) is 0 Å². The molecule has 2 fully saturated rings. The molecule has 1 aliphatic heterocycles. The van der Waals surface area contributed by atoms with Gasteiger partial charge >= 0.3 is 5.97 Å². The van der Waals surface area contributed by atoms with Crippen LogP contribution in [0.1, 0.15) is 55.3 Å². The van der Waals surface area contributed by atoms with Gasteiger partial charge in [-0.25, -0.2) is 13.1 Å². The van der Waals surface area contributed by atoms with Gasteiger partial charge in [0.1, 0.15) is 0 Å². The molecule has 1 aromatic carbocycles. The second-order valence-corrected chi connectivity index (χ2v) is 9.18. The van der Waals surface area contributed by atoms with Gasteiger partial charge in [-0.05, 0) is 49.8 Å². The molecular formula is C19H26N2O5S. The number of carbonyl (C=O) groups is 2. The number of carbonyl (C=O) groups excluding carboxylic acids is 1. The summed E-state index contributed by atoms with van der Waals surface area (Å²) in [4.78, 5) is 25.4. The van der Waals surface area contributed by atoms with Gasteiger partial charge in [0.05, 0.1) is 4.90 Å². The number of sulfonamides is 1. The standard InChI is InChI=1S/C19H26N2O5S/c22-18(23)12-14-8-10-21(11-9-14)19(24)15-4-3-7-17(13-15)27(25,26)20-16-5-1-2-6-16/h3-4,7,13-14,16,20H,1-2,5-6,8-12H2,(H,22,23). The molecule has 1 saturated carbocycles. The molecule has 2 N–H and O–H groups in total. The summed E-state index contributed by atoms with van der Waals surface area (Å²) in [5.74, 6) is -0.928. The Kier molecular flexibility index (Phi) is 6.16. The zero-order chi connectivity index (χ0) is 19.4. The van der Waals surface area contributed by atoms with Crippen LogP contribution in [0.25, 0.3) is 0 Å². The van der Waals surface area contributed by atoms with Gasteiger partial charge in [0.2, 0.25) is 10.0 Å². The van der Waals surface area contributed by atoms with Crippen LogP contribution in [0.5, 0.6) is 0 Å². The quantitative estimate of drug-likeness (QED) is 0.770. The lowest BCUT2D eigenvalue weighted by Gasteiger charge is -2.31. The third-order valence-electron chi connectivity index (χ3n) is 5.43. The fraction of sp³-hybridized carbons (Fsp3) is 0.579. The Morgan fingerprint density at radius 3 is 2.41 bits per heavy atom. The summed E-state index contributed by atoms with van der Waals surface area (Å²) in [5.41, 5.74) is 0.348. The van der Waals surface area contributed by atoms with Crippen molar-refractivity contribution in [3.05, 3.63) is 29.8 Å². The molecule has 0 spiro atoms. The maximum Gasteiger partial charge on any atom is 0.303 e. The van der Waals surface area contributed by atoms with Gasteiger partial charge in [0.15, 0.2) is 0 Å². The van der Waals surface area contributed by atoms with Gasteiger partial charge in [0.25, 0.3) is 5.91 Å². The summed E-state index contributed by atoms with van der Waals surface area (Å²) in [5, 5.41) is 8.88. The summed E-state index contributed by atoms with van der Waals surface area (Å²) in [7, 11) is -3.64. The molecule has 0 atom stereocenters. The third-order valence-corrected chi connectivity index (χ3v) is 6.95. The number of carboxylic acids is 1. The Morgan fingerprint density at radius 2 is 1.78 bits per heavy atom. The molecule has 2 aliphatic rings. The van der Waals surface area contributed by atoms with E-state index in [9.17, 15) is 18.0 Å². The second kappa shape index (κ2) is 8.39. The highest BCUT2D eigenvalue weighted by Crippen LogP contribution is 2.24. The number of carboxylic acid groups (broad SMARTS) is 1. The first-order valence-corrected chi connectivity index (χ1v) is 11.0. The van der Waals surface area contributed by atoms with Crippen molar-refractivity contribution >= 4 is 21.9 Å². The molecular weight excluding hydrogens is 368 g/mol. The smallest absolute Gasteiger partial charge is 0.303 e. The van der Waals surface area contributed by atoms with E-state index < -0.39 is 16.0 Å². The predicted octanol–water partition coefficient (Wildman–Crippen LogP) is 2.23. The van der Waals surface area contributed by atoms with E-state index in [2.05, 4.69) is 4.72 Å². The summed E-state index contributed by atoms with van der Waals surface area (Å²) < 4.78 is 27.9. The highest BCUT2D eigenvalue weighted by molar-refractivity contribution is 7.89. The first kappa shape index (κ1) is 19.8. The Hall–Kier alpha value is -1.93. The zero-order valence-electron chi connectivity index (χ0n) is 15.3. The van der Waals surface area contributed by atoms with Gasteiger partial charge < -0.3 is 10.0 Å². The summed E-state index contributed by atoms with van der Waals surface area (Å²) in [6.07, 6.45) is 5.19. The number of nitrogens with one attached hydrogen (secondary N) is 1. The van der Waals surface area contributed by atoms with E-state index >= 15 is 0 Å². The molecule has 8 heteroatoms. The maximum atomic E-state index is 12.7. The monoisotopic (exact) mass is 394 g/mol. The first-order valence-electron chi connectivity index (χ1n) is 9.48. The number of piperidine rings is 1. The van der Waals surface area contributed by atoms with Crippen molar-refractivity contribution < 1.29 is 23.1 Å². The lowest BCUT2D eigenvalue weighted by atomic mass is 9.93. The molecule has 0 bridgehead atoms. The molecule has 1 saturated heterocycles. The molecule has 148 valence electrons. The van der Waals surface area contributed by atoms with Crippen LogP contribution in [0.3, 0.4) is 0 Å². The maximum absolute atomic E-state index is 12.7. The van der Waals surface area contributed by atoms with Crippen LogP contribution < -0.4 is 4.72 Å². The van der Waals surface area contributed by atoms with Crippen molar-refractivity contribution in [1.82, 2.24) is 9.62 Å². The number of benzene rings is 1. The van der Waals surface area contributed by atoms with Crippen molar-refractivity contribution in [2.45, 2.75) is 55.9 Å². The van der Waals surface area contributed by atoms with Gasteiger partial charge in [-0.2, -0.15) is 0 Å². The van der Waals surface area contributed by atoms with E-state index in [4.69, 9.17) is 5.11 Å². The zero-order valence-corrected chi connectivity index (χ0v) is 16.1. The van der Waals surface area contributed by atoms with Crippen LogP contribution in [0.4, 0.5) is 0 Å². The summed E-state index contributed by atoms with van der Waals surface area (Å²) >= 11 is 0. The molecule has 1 amide bonds. The van der Waals surface area contributed by atoms with Gasteiger partial charge in [-0.15, -0.1) is 0 Å². The molecule has 27 heavy (non-hydrogen) atoms. The van der Waals surface area contributed by atoms with Gasteiger partial charge in [-0.3, -0.25) is 9.59 Å². The number of rotatable bonds is 6. The van der Waals surface area contributed by atoms with Crippen LogP contribution in [0, 0.1) is 5.92 Å². The number of hydrogen-bond acceptors (Lipinski definition) is 4. The lowest BCUT2D eigenvalue weighted by molar-refractivity contribution is -0.138. The average molecular weight is 394 g/mol. The second-order valence-electron chi connectivity index (χ2n) is 7.46. The molecule has 7 nitrogen and oxygen atoms in total. The van der Waals surface area contributed by atoms with E-state index in [0.717, 1.165) is 25.7 Å². The van der Waals surface area contributed by atoms with E-state index in [-0.39, 0.29) is 29.2 Å². The van der Waals surface area contributed by atoms with Gasteiger partial charge in [-0.1, -0.05) is 18.9 Å². The molecule has 0 unspecified atom stereocenters. The van der Waals surface area contributed by atoms with Crippen LogP contribution >= 0.6 is 0 Å². The molecule has 0 aromatic heterocycles. The molecule has 1 heterocycles. The minimum Gasteiger partial charge on any atom is -0.481 e. The minimum atomic E-state index is -3.64. The fourth-order valence-electron chi connectivity index (χ4n) is 3.90. The number of amides is 1. The van der Waals surface area contributed by atoms with Crippen LogP contribution in [-0.2, 0) is 14.8 Å². The number of likely N-dealkylation sites (tertiary alicyclic amines) is 1.